The first-order chi connectivity index (χ1) is 12.6. The molecule has 7 nitrogen and oxygen atoms in total. The number of nitrogens with one attached hydrogen (secondary N) is 1. The van der Waals surface area contributed by atoms with Gasteiger partial charge in [-0.25, -0.2) is 9.97 Å². The zero-order valence-electron chi connectivity index (χ0n) is 15.3. The van der Waals surface area contributed by atoms with Crippen LogP contribution in [0.4, 0.5) is 0 Å². The highest BCUT2D eigenvalue weighted by atomic mass is 16.5. The van der Waals surface area contributed by atoms with Gasteiger partial charge in [-0.1, -0.05) is 0 Å². The summed E-state index contributed by atoms with van der Waals surface area (Å²) in [6.45, 7) is 2.18. The van der Waals surface area contributed by atoms with E-state index >= 15 is 0 Å². The van der Waals surface area contributed by atoms with Crippen LogP contribution in [0.15, 0.2) is 30.9 Å². The van der Waals surface area contributed by atoms with Gasteiger partial charge in [-0.05, 0) is 24.5 Å². The van der Waals surface area contributed by atoms with Gasteiger partial charge in [0.2, 0.25) is 11.8 Å². The molecule has 26 heavy (non-hydrogen) atoms. The number of amides is 1. The van der Waals surface area contributed by atoms with Gasteiger partial charge in [0.05, 0.1) is 19.1 Å². The van der Waals surface area contributed by atoms with Gasteiger partial charge in [-0.3, -0.25) is 4.79 Å². The van der Waals surface area contributed by atoms with Crippen LogP contribution >= 0.6 is 0 Å². The smallest absolute Gasteiger partial charge is 0.225 e. The number of aryl methyl sites for hydroxylation is 1. The number of nitrogens with zero attached hydrogens (tertiary/aromatic N) is 4. The van der Waals surface area contributed by atoms with Crippen LogP contribution in [0, 0.1) is 5.92 Å². The third-order valence-corrected chi connectivity index (χ3v) is 5.24. The van der Waals surface area contributed by atoms with E-state index in [0.29, 0.717) is 18.3 Å². The number of hydrogen-bond acceptors (Lipinski definition) is 5. The molecular weight excluding hydrogens is 330 g/mol. The molecule has 1 saturated heterocycles. The Kier molecular flexibility index (Phi) is 4.63. The van der Waals surface area contributed by atoms with Crippen LogP contribution in [0.1, 0.15) is 30.0 Å². The van der Waals surface area contributed by atoms with E-state index in [2.05, 4.69) is 21.5 Å². The fraction of sp³-hybridized carbons (Fsp3) is 0.526. The van der Waals surface area contributed by atoms with Gasteiger partial charge < -0.3 is 19.5 Å². The van der Waals surface area contributed by atoms with Crippen molar-refractivity contribution in [3.63, 3.8) is 0 Å². The highest BCUT2D eigenvalue weighted by Gasteiger charge is 2.41. The lowest BCUT2D eigenvalue weighted by molar-refractivity contribution is -0.131. The number of methoxy groups -OCH3 is 1. The van der Waals surface area contributed by atoms with Crippen molar-refractivity contribution >= 4 is 5.91 Å². The van der Waals surface area contributed by atoms with Gasteiger partial charge in [0, 0.05) is 63.0 Å². The fourth-order valence-electron chi connectivity index (χ4n) is 3.62. The second-order valence-electron chi connectivity index (χ2n) is 7.28. The van der Waals surface area contributed by atoms with Crippen molar-refractivity contribution < 1.29 is 9.53 Å². The van der Waals surface area contributed by atoms with Crippen LogP contribution in [0.25, 0.3) is 0 Å². The number of aromatic nitrogens is 3. The molecule has 2 fully saturated rings. The lowest BCUT2D eigenvalue weighted by Gasteiger charge is -2.18. The topological polar surface area (TPSA) is 72.3 Å². The summed E-state index contributed by atoms with van der Waals surface area (Å²) in [7, 11) is 3.60. The molecule has 4 rings (SSSR count). The summed E-state index contributed by atoms with van der Waals surface area (Å²) in [5, 5.41) is 3.62. The first-order valence-electron chi connectivity index (χ1n) is 9.13. The Labute approximate surface area is 153 Å². The van der Waals surface area contributed by atoms with Crippen LogP contribution in [-0.2, 0) is 18.4 Å². The molecule has 2 aromatic heterocycles. The summed E-state index contributed by atoms with van der Waals surface area (Å²) in [6, 6.07) is 4.10. The van der Waals surface area contributed by atoms with E-state index in [1.807, 2.05) is 35.0 Å². The first kappa shape index (κ1) is 17.0. The van der Waals surface area contributed by atoms with Crippen molar-refractivity contribution in [2.45, 2.75) is 31.3 Å². The zero-order valence-corrected chi connectivity index (χ0v) is 15.3. The minimum absolute atomic E-state index is 0.187. The van der Waals surface area contributed by atoms with Crippen LogP contribution in [0.5, 0.6) is 5.88 Å². The number of likely N-dealkylation sites (tertiary alicyclic amines) is 1. The Balaban J connectivity index is 1.47. The molecule has 0 radical (unpaired) electrons. The summed E-state index contributed by atoms with van der Waals surface area (Å²) in [4.78, 5) is 23.2. The van der Waals surface area contributed by atoms with Crippen molar-refractivity contribution in [1.29, 1.82) is 0 Å². The number of imidazole rings is 1. The Bertz CT molecular complexity index is 786. The quantitative estimate of drug-likeness (QED) is 0.846. The van der Waals surface area contributed by atoms with Crippen LogP contribution in [0.2, 0.25) is 0 Å². The second-order valence-corrected chi connectivity index (χ2v) is 7.28. The van der Waals surface area contributed by atoms with Crippen LogP contribution in [-0.4, -0.2) is 51.6 Å². The minimum atomic E-state index is 0.187. The molecule has 1 amide bonds. The highest BCUT2D eigenvalue weighted by molar-refractivity contribution is 5.81. The fourth-order valence-corrected chi connectivity index (χ4v) is 3.62. The van der Waals surface area contributed by atoms with Gasteiger partial charge >= 0.3 is 0 Å². The Morgan fingerprint density at radius 3 is 2.88 bits per heavy atom. The van der Waals surface area contributed by atoms with Gasteiger partial charge in [0.15, 0.2) is 0 Å². The number of pyridine rings is 1. The molecule has 1 aliphatic heterocycles. The summed E-state index contributed by atoms with van der Waals surface area (Å²) in [5.41, 5.74) is 2.16. The monoisotopic (exact) mass is 355 g/mol. The normalized spacial score (nSPS) is 22.6. The van der Waals surface area contributed by atoms with Crippen molar-refractivity contribution in [3.05, 3.63) is 42.1 Å². The largest absolute Gasteiger partial charge is 0.481 e. The molecule has 1 saturated carbocycles. The number of rotatable bonds is 6. The second kappa shape index (κ2) is 7.07. The molecular formula is C19H25N5O2. The molecule has 1 aliphatic carbocycles. The van der Waals surface area contributed by atoms with Gasteiger partial charge in [-0.2, -0.15) is 0 Å². The summed E-state index contributed by atoms with van der Waals surface area (Å²) >= 11 is 0. The maximum Gasteiger partial charge on any atom is 0.225 e. The molecule has 0 bridgehead atoms. The number of carbonyl (C=O) groups excluding carboxylic acids is 1. The van der Waals surface area contributed by atoms with E-state index in [4.69, 9.17) is 4.74 Å². The lowest BCUT2D eigenvalue weighted by atomic mass is 10.00. The Hall–Kier alpha value is -2.41. The third kappa shape index (κ3) is 3.58. The van der Waals surface area contributed by atoms with E-state index in [9.17, 15) is 4.79 Å². The molecule has 0 spiro atoms. The van der Waals surface area contributed by atoms with Crippen molar-refractivity contribution in [1.82, 2.24) is 24.8 Å². The maximum absolute atomic E-state index is 12.5. The Morgan fingerprint density at radius 2 is 2.19 bits per heavy atom. The molecule has 7 heteroatoms. The van der Waals surface area contributed by atoms with Crippen LogP contribution in [0.3, 0.4) is 0 Å². The first-order valence-corrected chi connectivity index (χ1v) is 9.13. The van der Waals surface area contributed by atoms with E-state index in [1.165, 1.54) is 0 Å². The highest BCUT2D eigenvalue weighted by Crippen LogP contribution is 2.35. The predicted octanol–water partition coefficient (Wildman–Crippen LogP) is 1.32. The molecule has 2 aromatic rings. The summed E-state index contributed by atoms with van der Waals surface area (Å²) < 4.78 is 7.16. The summed E-state index contributed by atoms with van der Waals surface area (Å²) in [6.07, 6.45) is 7.71. The molecule has 2 atom stereocenters. The molecule has 0 aromatic carbocycles. The number of ether oxygens (including phenoxy) is 1. The number of hydrogen-bond donors (Lipinski definition) is 1. The van der Waals surface area contributed by atoms with Crippen molar-refractivity contribution in [2.24, 2.45) is 13.0 Å². The van der Waals surface area contributed by atoms with Gasteiger partial charge in [0.25, 0.3) is 0 Å². The minimum Gasteiger partial charge on any atom is -0.481 e. The van der Waals surface area contributed by atoms with Gasteiger partial charge in [0.1, 0.15) is 0 Å². The SMILES string of the molecule is COc1cc(CN[C@@H]2CN(C(=O)C3CC3)C[C@H]2c2cn(C)cn2)ccn1. The van der Waals surface area contributed by atoms with E-state index in [-0.39, 0.29) is 17.9 Å². The van der Waals surface area contributed by atoms with Crippen molar-refractivity contribution in [3.8, 4) is 5.88 Å². The standard InChI is InChI=1S/C19H25N5O2/c1-23-10-16(22-12-23)15-9-24(19(25)14-3-4-14)11-17(15)21-8-13-5-6-20-18(7-13)26-2/h5-7,10,12,14-15,17,21H,3-4,8-9,11H2,1-2H3/t15-,17+/m0/s1. The molecule has 2 aliphatic rings. The summed E-state index contributed by atoms with van der Waals surface area (Å²) in [5.74, 6) is 1.38. The zero-order chi connectivity index (χ0) is 18.1. The van der Waals surface area contributed by atoms with Crippen molar-refractivity contribution in [2.75, 3.05) is 20.2 Å². The van der Waals surface area contributed by atoms with Crippen LogP contribution < -0.4 is 10.1 Å². The van der Waals surface area contributed by atoms with E-state index in [0.717, 1.165) is 37.2 Å². The van der Waals surface area contributed by atoms with E-state index in [1.54, 1.807) is 13.3 Å². The average Bonchev–Trinajstić information content (AvgIpc) is 3.28. The maximum atomic E-state index is 12.5. The molecule has 138 valence electrons. The van der Waals surface area contributed by atoms with E-state index < -0.39 is 0 Å². The Morgan fingerprint density at radius 1 is 1.35 bits per heavy atom. The molecule has 3 heterocycles. The molecule has 0 unspecified atom stereocenters. The average molecular weight is 355 g/mol. The number of carbonyl (C=O) groups is 1. The predicted molar refractivity (Wildman–Crippen MR) is 96.7 cm³/mol. The van der Waals surface area contributed by atoms with Gasteiger partial charge in [-0.15, -0.1) is 0 Å². The third-order valence-electron chi connectivity index (χ3n) is 5.24. The lowest BCUT2D eigenvalue weighted by Crippen LogP contribution is -2.36. The molecule has 1 N–H and O–H groups in total.